The molecular weight excluding hydrogens is 374 g/mol. The van der Waals surface area contributed by atoms with Gasteiger partial charge in [-0.3, -0.25) is 19.7 Å². The normalized spacial score (nSPS) is 10.6. The van der Waals surface area contributed by atoms with E-state index in [4.69, 9.17) is 16.3 Å². The zero-order chi connectivity index (χ0) is 19.7. The molecule has 1 aromatic heterocycles. The highest BCUT2D eigenvalue weighted by molar-refractivity contribution is 6.31. The summed E-state index contributed by atoms with van der Waals surface area (Å²) in [5.74, 6) is 0.120. The summed E-state index contributed by atoms with van der Waals surface area (Å²) in [5, 5.41) is 14.3. The lowest BCUT2D eigenvalue weighted by Crippen LogP contribution is -2.18. The molecule has 0 radical (unpaired) electrons. The summed E-state index contributed by atoms with van der Waals surface area (Å²) in [6, 6.07) is 9.24. The van der Waals surface area contributed by atoms with Gasteiger partial charge in [-0.1, -0.05) is 17.7 Å². The third-order valence-corrected chi connectivity index (χ3v) is 4.16. The number of nitro benzene ring substituents is 1. The van der Waals surface area contributed by atoms with Crippen LogP contribution in [-0.4, -0.2) is 22.8 Å². The number of ether oxygens (including phenoxy) is 1. The van der Waals surface area contributed by atoms with E-state index >= 15 is 0 Å². The second-order valence-electron chi connectivity index (χ2n) is 5.72. The van der Waals surface area contributed by atoms with Gasteiger partial charge in [0.25, 0.3) is 5.69 Å². The van der Waals surface area contributed by atoms with E-state index in [1.807, 2.05) is 0 Å². The Bertz CT molecular complexity index is 1140. The Morgan fingerprint density at radius 1 is 1.30 bits per heavy atom. The number of aromatic nitrogens is 1. The van der Waals surface area contributed by atoms with Crippen LogP contribution in [0.3, 0.4) is 0 Å². The Hall–Kier alpha value is -3.39. The maximum atomic E-state index is 12.8. The van der Waals surface area contributed by atoms with Gasteiger partial charge in [0, 0.05) is 22.8 Å². The maximum absolute atomic E-state index is 12.8. The number of aromatic amines is 1. The van der Waals surface area contributed by atoms with Crippen molar-refractivity contribution in [2.24, 2.45) is 0 Å². The number of Topliss-reactive ketones (excluding diaryl/α,β-unsaturated/α-hetero) is 1. The van der Waals surface area contributed by atoms with Crippen LogP contribution in [0.2, 0.25) is 5.02 Å². The zero-order valence-electron chi connectivity index (χ0n) is 14.3. The minimum absolute atomic E-state index is 0.0233. The van der Waals surface area contributed by atoms with E-state index in [0.717, 1.165) is 6.07 Å². The second-order valence-corrected chi connectivity index (χ2v) is 6.16. The van der Waals surface area contributed by atoms with E-state index in [1.54, 1.807) is 24.3 Å². The molecule has 2 aromatic carbocycles. The van der Waals surface area contributed by atoms with Gasteiger partial charge in [0.2, 0.25) is 5.43 Å². The molecule has 0 aliphatic carbocycles. The number of H-pyrrole nitrogens is 1. The summed E-state index contributed by atoms with van der Waals surface area (Å²) in [4.78, 5) is 38.5. The molecule has 0 aliphatic heterocycles. The van der Waals surface area contributed by atoms with Crippen LogP contribution in [0.1, 0.15) is 17.3 Å². The summed E-state index contributed by atoms with van der Waals surface area (Å²) in [6.45, 7) is 1.24. The highest BCUT2D eigenvalue weighted by Gasteiger charge is 2.22. The number of carbonyl (C=O) groups is 1. The number of halogens is 1. The molecule has 0 unspecified atom stereocenters. The van der Waals surface area contributed by atoms with Crippen molar-refractivity contribution in [3.63, 3.8) is 0 Å². The van der Waals surface area contributed by atoms with Crippen molar-refractivity contribution in [2.75, 3.05) is 12.4 Å². The van der Waals surface area contributed by atoms with E-state index in [-0.39, 0.29) is 33.0 Å². The fourth-order valence-electron chi connectivity index (χ4n) is 2.76. The molecule has 0 atom stereocenters. The highest BCUT2D eigenvalue weighted by atomic mass is 35.5. The third-order valence-electron chi connectivity index (χ3n) is 3.94. The molecule has 8 nitrogen and oxygen atoms in total. The van der Waals surface area contributed by atoms with Crippen LogP contribution in [-0.2, 0) is 0 Å². The van der Waals surface area contributed by atoms with Crippen LogP contribution in [0.4, 0.5) is 17.2 Å². The van der Waals surface area contributed by atoms with Crippen LogP contribution in [0.15, 0.2) is 41.2 Å². The van der Waals surface area contributed by atoms with Gasteiger partial charge in [-0.2, -0.15) is 0 Å². The topological polar surface area (TPSA) is 114 Å². The molecule has 0 amide bonds. The number of rotatable bonds is 5. The van der Waals surface area contributed by atoms with Crippen LogP contribution in [0.25, 0.3) is 10.9 Å². The van der Waals surface area contributed by atoms with Gasteiger partial charge in [-0.15, -0.1) is 0 Å². The smallest absolute Gasteiger partial charge is 0.294 e. The Labute approximate surface area is 157 Å². The molecule has 0 saturated heterocycles. The molecule has 0 spiro atoms. The van der Waals surface area contributed by atoms with Gasteiger partial charge in [-0.25, -0.2) is 0 Å². The van der Waals surface area contributed by atoms with Crippen LogP contribution < -0.4 is 15.5 Å². The summed E-state index contributed by atoms with van der Waals surface area (Å²) in [6.07, 6.45) is 0. The minimum Gasteiger partial charge on any atom is -0.497 e. The number of non-ortho nitro benzene ring substituents is 1. The Kier molecular flexibility index (Phi) is 4.83. The molecule has 1 heterocycles. The molecule has 138 valence electrons. The van der Waals surface area contributed by atoms with Crippen molar-refractivity contribution < 1.29 is 14.5 Å². The van der Waals surface area contributed by atoms with Gasteiger partial charge in [-0.05, 0) is 25.1 Å². The second kappa shape index (κ2) is 7.08. The maximum Gasteiger partial charge on any atom is 0.294 e. The number of nitrogens with zero attached hydrogens (tertiary/aromatic N) is 1. The first-order valence-electron chi connectivity index (χ1n) is 7.77. The molecule has 0 saturated carbocycles. The molecular formula is C18H14ClN3O5. The number of ketones is 1. The Morgan fingerprint density at radius 2 is 2.04 bits per heavy atom. The van der Waals surface area contributed by atoms with Gasteiger partial charge in [0.05, 0.1) is 17.4 Å². The van der Waals surface area contributed by atoms with Gasteiger partial charge in [0.15, 0.2) is 5.78 Å². The summed E-state index contributed by atoms with van der Waals surface area (Å²) >= 11 is 5.90. The third kappa shape index (κ3) is 3.47. The lowest BCUT2D eigenvalue weighted by molar-refractivity contribution is -0.383. The van der Waals surface area contributed by atoms with Gasteiger partial charge >= 0.3 is 0 Å². The summed E-state index contributed by atoms with van der Waals surface area (Å²) in [5.41, 5.74) is -0.652. The van der Waals surface area contributed by atoms with Crippen molar-refractivity contribution in [2.45, 2.75) is 6.92 Å². The van der Waals surface area contributed by atoms with Crippen LogP contribution >= 0.6 is 11.6 Å². The van der Waals surface area contributed by atoms with E-state index in [9.17, 15) is 19.7 Å². The van der Waals surface area contributed by atoms with Crippen molar-refractivity contribution in [1.29, 1.82) is 0 Å². The van der Waals surface area contributed by atoms with Gasteiger partial charge < -0.3 is 15.0 Å². The number of benzene rings is 2. The zero-order valence-corrected chi connectivity index (χ0v) is 15.1. The Balaban J connectivity index is 2.30. The number of hydrogen-bond acceptors (Lipinski definition) is 6. The first kappa shape index (κ1) is 18.4. The number of anilines is 2. The first-order chi connectivity index (χ1) is 12.8. The largest absolute Gasteiger partial charge is 0.497 e. The van der Waals surface area contributed by atoms with Crippen molar-refractivity contribution in [3.8, 4) is 5.75 Å². The van der Waals surface area contributed by atoms with Crippen molar-refractivity contribution >= 4 is 45.5 Å². The molecule has 27 heavy (non-hydrogen) atoms. The summed E-state index contributed by atoms with van der Waals surface area (Å²) in [7, 11) is 1.51. The van der Waals surface area contributed by atoms with E-state index in [0.29, 0.717) is 11.4 Å². The molecule has 3 rings (SSSR count). The van der Waals surface area contributed by atoms with E-state index in [1.165, 1.54) is 20.1 Å². The molecule has 0 aliphatic rings. The predicted octanol–water partition coefficient (Wildman–Crippen LogP) is 4.04. The van der Waals surface area contributed by atoms with Crippen molar-refractivity contribution in [3.05, 3.63) is 67.3 Å². The van der Waals surface area contributed by atoms with Crippen LogP contribution in [0.5, 0.6) is 5.75 Å². The van der Waals surface area contributed by atoms with Gasteiger partial charge in [0.1, 0.15) is 22.6 Å². The molecule has 0 fully saturated rings. The first-order valence-corrected chi connectivity index (χ1v) is 8.15. The minimum atomic E-state index is -0.646. The quantitative estimate of drug-likeness (QED) is 0.388. The number of nitro groups is 1. The molecule has 2 N–H and O–H groups in total. The molecule has 9 heteroatoms. The lowest BCUT2D eigenvalue weighted by Gasteiger charge is -2.13. The number of fused-ring (bicyclic) bond motifs is 1. The Morgan fingerprint density at radius 3 is 2.67 bits per heavy atom. The number of methoxy groups -OCH3 is 1. The number of nitrogens with one attached hydrogen (secondary N) is 2. The molecule has 3 aromatic rings. The number of pyridine rings is 1. The van der Waals surface area contributed by atoms with Crippen molar-refractivity contribution in [1.82, 2.24) is 4.98 Å². The lowest BCUT2D eigenvalue weighted by atomic mass is 10.1. The average Bonchev–Trinajstić information content (AvgIpc) is 2.61. The number of hydrogen-bond donors (Lipinski definition) is 2. The fourth-order valence-corrected chi connectivity index (χ4v) is 2.97. The SMILES string of the molecule is COc1cccc(Nc2[nH]c3c([N+](=O)[O-])cc(Cl)cc3c(=O)c2C(C)=O)c1. The summed E-state index contributed by atoms with van der Waals surface area (Å²) < 4.78 is 5.15. The highest BCUT2D eigenvalue weighted by Crippen LogP contribution is 2.30. The molecule has 0 bridgehead atoms. The van der Waals surface area contributed by atoms with E-state index in [2.05, 4.69) is 10.3 Å². The standard InChI is InChI=1S/C18H14ClN3O5/c1-9(23)15-17(24)13-6-10(19)7-14(22(25)26)16(13)21-18(15)20-11-4-3-5-12(8-11)27-2/h3-8H,1-2H3,(H2,20,21,24). The van der Waals surface area contributed by atoms with E-state index < -0.39 is 16.1 Å². The number of carbonyl (C=O) groups excluding carboxylic acids is 1. The fraction of sp³-hybridized carbons (Fsp3) is 0.111. The average molecular weight is 388 g/mol. The predicted molar refractivity (Wildman–Crippen MR) is 103 cm³/mol. The van der Waals surface area contributed by atoms with Crippen LogP contribution in [0, 0.1) is 10.1 Å². The monoisotopic (exact) mass is 387 g/mol.